The minimum atomic E-state index is -0.981. The quantitative estimate of drug-likeness (QED) is 0.695. The average Bonchev–Trinajstić information content (AvgIpc) is 2.36. The maximum absolute atomic E-state index is 11.4. The van der Waals surface area contributed by atoms with Crippen LogP contribution in [0.1, 0.15) is 15.9 Å². The van der Waals surface area contributed by atoms with Crippen molar-refractivity contribution >= 4 is 24.3 Å². The van der Waals surface area contributed by atoms with Crippen molar-refractivity contribution in [1.29, 1.82) is 0 Å². The molecule has 0 bridgehead atoms. The number of hydrogen-bond donors (Lipinski definition) is 3. The Morgan fingerprint density at radius 1 is 1.42 bits per heavy atom. The molecule has 0 radical (unpaired) electrons. The summed E-state index contributed by atoms with van der Waals surface area (Å²) in [6, 6.07) is 3.58. The Kier molecular flexibility index (Phi) is 6.89. The van der Waals surface area contributed by atoms with Crippen LogP contribution in [0.3, 0.4) is 0 Å². The van der Waals surface area contributed by atoms with Gasteiger partial charge in [-0.2, -0.15) is 0 Å². The van der Waals surface area contributed by atoms with E-state index in [0.717, 1.165) is 0 Å². The molecule has 0 amide bonds. The molecular weight excluding hydrogens is 274 g/mol. The summed E-state index contributed by atoms with van der Waals surface area (Å²) in [6.45, 7) is 0. The van der Waals surface area contributed by atoms with E-state index in [2.05, 4.69) is 10.1 Å². The van der Waals surface area contributed by atoms with Crippen LogP contribution in [0.2, 0.25) is 0 Å². The maximum Gasteiger partial charge on any atom is 0.341 e. The second-order valence-electron chi connectivity index (χ2n) is 3.73. The normalized spacial score (nSPS) is 11.3. The zero-order chi connectivity index (χ0) is 13.7. The Labute approximate surface area is 116 Å². The number of ether oxygens (including phenoxy) is 1. The lowest BCUT2D eigenvalue weighted by Crippen LogP contribution is -2.35. The summed E-state index contributed by atoms with van der Waals surface area (Å²) in [5, 5.41) is 21.1. The second kappa shape index (κ2) is 7.60. The fourth-order valence-corrected chi connectivity index (χ4v) is 1.53. The van der Waals surface area contributed by atoms with Gasteiger partial charge in [0.1, 0.15) is 17.4 Å². The molecular formula is C12H16ClNO5. The number of aliphatic carboxylic acids is 1. The Morgan fingerprint density at radius 2 is 2.05 bits per heavy atom. The van der Waals surface area contributed by atoms with E-state index in [1.54, 1.807) is 13.1 Å². The number of phenolic OH excluding ortho intramolecular Hbond substituents is 1. The number of aromatic hydroxyl groups is 1. The molecule has 6 nitrogen and oxygen atoms in total. The average molecular weight is 290 g/mol. The van der Waals surface area contributed by atoms with Crippen LogP contribution in [-0.4, -0.2) is 42.4 Å². The predicted octanol–water partition coefficient (Wildman–Crippen LogP) is 0.816. The van der Waals surface area contributed by atoms with Gasteiger partial charge in [-0.1, -0.05) is 6.07 Å². The number of methoxy groups -OCH3 is 1. The standard InChI is InChI=1S/C12H15NO5.ClH/c1-13-9(11(15)16)6-7-3-4-10(14)8(5-7)12(17)18-2;/h3-5,9,13-14H,6H2,1-2H3,(H,15,16);1H/t9-;/m0./s1. The van der Waals surface area contributed by atoms with Crippen LogP contribution in [0.25, 0.3) is 0 Å². The monoisotopic (exact) mass is 289 g/mol. The number of esters is 1. The Bertz CT molecular complexity index is 463. The molecule has 0 aliphatic heterocycles. The molecule has 1 atom stereocenters. The topological polar surface area (TPSA) is 95.9 Å². The fraction of sp³-hybridized carbons (Fsp3) is 0.333. The number of carboxylic acid groups (broad SMARTS) is 1. The number of halogens is 1. The van der Waals surface area contributed by atoms with Crippen molar-refractivity contribution in [2.75, 3.05) is 14.2 Å². The van der Waals surface area contributed by atoms with Crippen molar-refractivity contribution in [2.45, 2.75) is 12.5 Å². The number of carbonyl (C=O) groups is 2. The third-order valence-corrected chi connectivity index (χ3v) is 2.55. The first-order valence-corrected chi connectivity index (χ1v) is 5.30. The zero-order valence-corrected chi connectivity index (χ0v) is 11.4. The molecule has 0 saturated carbocycles. The predicted molar refractivity (Wildman–Crippen MR) is 70.9 cm³/mol. The smallest absolute Gasteiger partial charge is 0.341 e. The first kappa shape index (κ1) is 17.2. The molecule has 0 aliphatic carbocycles. The second-order valence-corrected chi connectivity index (χ2v) is 3.73. The van der Waals surface area contributed by atoms with Crippen LogP contribution in [0, 0.1) is 0 Å². The minimum Gasteiger partial charge on any atom is -0.507 e. The van der Waals surface area contributed by atoms with Gasteiger partial charge < -0.3 is 20.3 Å². The summed E-state index contributed by atoms with van der Waals surface area (Å²) in [6.07, 6.45) is 0.204. The highest BCUT2D eigenvalue weighted by molar-refractivity contribution is 5.92. The molecule has 0 unspecified atom stereocenters. The fourth-order valence-electron chi connectivity index (χ4n) is 1.53. The molecule has 0 heterocycles. The number of likely N-dealkylation sites (N-methyl/N-ethyl adjacent to an activating group) is 1. The van der Waals surface area contributed by atoms with E-state index < -0.39 is 18.0 Å². The number of rotatable bonds is 5. The van der Waals surface area contributed by atoms with E-state index in [-0.39, 0.29) is 30.1 Å². The van der Waals surface area contributed by atoms with Gasteiger partial charge in [0, 0.05) is 0 Å². The van der Waals surface area contributed by atoms with Gasteiger partial charge in [0.15, 0.2) is 0 Å². The minimum absolute atomic E-state index is 0. The first-order chi connectivity index (χ1) is 8.49. The third-order valence-electron chi connectivity index (χ3n) is 2.55. The first-order valence-electron chi connectivity index (χ1n) is 5.30. The van der Waals surface area contributed by atoms with Crippen LogP contribution in [-0.2, 0) is 16.0 Å². The molecule has 106 valence electrons. The molecule has 1 aromatic carbocycles. The van der Waals surface area contributed by atoms with Gasteiger partial charge in [0.25, 0.3) is 0 Å². The highest BCUT2D eigenvalue weighted by Crippen LogP contribution is 2.20. The van der Waals surface area contributed by atoms with Gasteiger partial charge in [-0.3, -0.25) is 4.79 Å². The SMILES string of the molecule is CN[C@@H](Cc1ccc(O)c(C(=O)OC)c1)C(=O)O.Cl. The summed E-state index contributed by atoms with van der Waals surface area (Å²) >= 11 is 0. The molecule has 0 saturated heterocycles. The molecule has 7 heteroatoms. The van der Waals surface area contributed by atoms with Gasteiger partial charge >= 0.3 is 11.9 Å². The number of carbonyl (C=O) groups excluding carboxylic acids is 1. The van der Waals surface area contributed by atoms with E-state index in [1.807, 2.05) is 0 Å². The number of benzene rings is 1. The number of carboxylic acids is 1. The third kappa shape index (κ3) is 4.42. The summed E-state index contributed by atoms with van der Waals surface area (Å²) < 4.78 is 4.52. The molecule has 19 heavy (non-hydrogen) atoms. The van der Waals surface area contributed by atoms with Crippen LogP contribution in [0.4, 0.5) is 0 Å². The summed E-state index contributed by atoms with van der Waals surface area (Å²) in [5.74, 6) is -1.84. The van der Waals surface area contributed by atoms with Crippen LogP contribution >= 0.6 is 12.4 Å². The van der Waals surface area contributed by atoms with Crippen molar-refractivity contribution in [3.05, 3.63) is 29.3 Å². The molecule has 1 rings (SSSR count). The van der Waals surface area contributed by atoms with E-state index >= 15 is 0 Å². The van der Waals surface area contributed by atoms with E-state index in [0.29, 0.717) is 5.56 Å². The maximum atomic E-state index is 11.4. The van der Waals surface area contributed by atoms with Crippen molar-refractivity contribution < 1.29 is 24.5 Å². The Hall–Kier alpha value is -1.79. The highest BCUT2D eigenvalue weighted by atomic mass is 35.5. The number of nitrogens with one attached hydrogen (secondary N) is 1. The van der Waals surface area contributed by atoms with Gasteiger partial charge in [-0.05, 0) is 31.2 Å². The Morgan fingerprint density at radius 3 is 2.53 bits per heavy atom. The van der Waals surface area contributed by atoms with Crippen LogP contribution < -0.4 is 5.32 Å². The zero-order valence-electron chi connectivity index (χ0n) is 10.5. The number of phenols is 1. The lowest BCUT2D eigenvalue weighted by Gasteiger charge is -2.12. The van der Waals surface area contributed by atoms with E-state index in [9.17, 15) is 14.7 Å². The van der Waals surface area contributed by atoms with E-state index in [1.165, 1.54) is 19.2 Å². The largest absolute Gasteiger partial charge is 0.507 e. The molecule has 0 spiro atoms. The van der Waals surface area contributed by atoms with Crippen LogP contribution in [0.15, 0.2) is 18.2 Å². The lowest BCUT2D eigenvalue weighted by molar-refractivity contribution is -0.139. The van der Waals surface area contributed by atoms with Gasteiger partial charge in [-0.15, -0.1) is 12.4 Å². The number of hydrogen-bond acceptors (Lipinski definition) is 5. The summed E-state index contributed by atoms with van der Waals surface area (Å²) in [7, 11) is 2.75. The molecule has 0 fully saturated rings. The van der Waals surface area contributed by atoms with Crippen molar-refractivity contribution in [3.8, 4) is 5.75 Å². The molecule has 0 aliphatic rings. The lowest BCUT2D eigenvalue weighted by atomic mass is 10.0. The highest BCUT2D eigenvalue weighted by Gasteiger charge is 2.18. The molecule has 3 N–H and O–H groups in total. The van der Waals surface area contributed by atoms with Gasteiger partial charge in [0.05, 0.1) is 7.11 Å². The van der Waals surface area contributed by atoms with Crippen LogP contribution in [0.5, 0.6) is 5.75 Å². The Balaban J connectivity index is 0.00000324. The summed E-state index contributed by atoms with van der Waals surface area (Å²) in [4.78, 5) is 22.2. The van der Waals surface area contributed by atoms with Gasteiger partial charge in [-0.25, -0.2) is 4.79 Å². The molecule has 1 aromatic rings. The van der Waals surface area contributed by atoms with Crippen molar-refractivity contribution in [3.63, 3.8) is 0 Å². The van der Waals surface area contributed by atoms with E-state index in [4.69, 9.17) is 5.11 Å². The van der Waals surface area contributed by atoms with Crippen molar-refractivity contribution in [2.24, 2.45) is 0 Å². The van der Waals surface area contributed by atoms with Gasteiger partial charge in [0.2, 0.25) is 0 Å². The van der Waals surface area contributed by atoms with Crippen molar-refractivity contribution in [1.82, 2.24) is 5.32 Å². The molecule has 0 aromatic heterocycles. The summed E-state index contributed by atoms with van der Waals surface area (Å²) in [5.41, 5.74) is 0.644.